The Balaban J connectivity index is 2.19. The quantitative estimate of drug-likeness (QED) is 0.676. The molecule has 120 valence electrons. The first-order valence-corrected chi connectivity index (χ1v) is 6.78. The summed E-state index contributed by atoms with van der Waals surface area (Å²) < 4.78 is 5.06. The number of phenols is 1. The number of carbonyl (C=O) groups excluding carboxylic acids is 1. The highest BCUT2D eigenvalue weighted by Gasteiger charge is 2.23. The van der Waals surface area contributed by atoms with E-state index in [1.807, 2.05) is 12.1 Å². The highest BCUT2D eigenvalue weighted by atomic mass is 16.6. The van der Waals surface area contributed by atoms with Crippen LogP contribution in [0.25, 0.3) is 0 Å². The van der Waals surface area contributed by atoms with Gasteiger partial charge in [-0.1, -0.05) is 18.2 Å². The Morgan fingerprint density at radius 3 is 2.48 bits per heavy atom. The summed E-state index contributed by atoms with van der Waals surface area (Å²) >= 11 is 0. The van der Waals surface area contributed by atoms with Crippen molar-refractivity contribution in [3.63, 3.8) is 0 Å². The third-order valence-electron chi connectivity index (χ3n) is 3.37. The van der Waals surface area contributed by atoms with Crippen molar-refractivity contribution in [1.82, 2.24) is 4.90 Å². The maximum absolute atomic E-state index is 12.4. The fourth-order valence-electron chi connectivity index (χ4n) is 2.13. The minimum atomic E-state index is -0.727. The van der Waals surface area contributed by atoms with Crippen LogP contribution in [0.5, 0.6) is 11.5 Å². The van der Waals surface area contributed by atoms with Gasteiger partial charge in [0.05, 0.1) is 17.6 Å². The van der Waals surface area contributed by atoms with Gasteiger partial charge < -0.3 is 14.7 Å². The number of amides is 1. The molecule has 7 heteroatoms. The highest BCUT2D eigenvalue weighted by Crippen LogP contribution is 2.30. The van der Waals surface area contributed by atoms with E-state index in [-0.39, 0.29) is 5.56 Å². The second-order valence-electron chi connectivity index (χ2n) is 4.94. The number of methoxy groups -OCH3 is 1. The average Bonchev–Trinajstić information content (AvgIpc) is 2.54. The molecule has 0 heterocycles. The molecule has 0 aromatic heterocycles. The van der Waals surface area contributed by atoms with Gasteiger partial charge in [0, 0.05) is 19.7 Å². The number of phenolic OH excluding ortho intramolecular Hbond substituents is 1. The smallest absolute Gasteiger partial charge is 0.311 e. The first-order chi connectivity index (χ1) is 10.9. The van der Waals surface area contributed by atoms with Crippen LogP contribution in [0, 0.1) is 10.1 Å². The number of carbonyl (C=O) groups is 1. The van der Waals surface area contributed by atoms with Gasteiger partial charge in [-0.15, -0.1) is 0 Å². The van der Waals surface area contributed by atoms with E-state index in [4.69, 9.17) is 4.74 Å². The summed E-state index contributed by atoms with van der Waals surface area (Å²) in [6, 6.07) is 11.1. The fourth-order valence-corrected chi connectivity index (χ4v) is 2.13. The molecular weight excluding hydrogens is 300 g/mol. The molecule has 0 aliphatic carbocycles. The van der Waals surface area contributed by atoms with Crippen LogP contribution in [0.15, 0.2) is 42.5 Å². The Hall–Kier alpha value is -3.09. The van der Waals surface area contributed by atoms with Crippen LogP contribution < -0.4 is 4.74 Å². The Bertz CT molecular complexity index is 728. The zero-order chi connectivity index (χ0) is 17.0. The molecule has 0 saturated heterocycles. The zero-order valence-corrected chi connectivity index (χ0v) is 12.7. The summed E-state index contributed by atoms with van der Waals surface area (Å²) in [7, 11) is 3.13. The number of nitro benzene ring substituents is 1. The van der Waals surface area contributed by atoms with Gasteiger partial charge in [-0.3, -0.25) is 14.9 Å². The summed E-state index contributed by atoms with van der Waals surface area (Å²) in [6.45, 7) is 0.297. The van der Waals surface area contributed by atoms with E-state index in [2.05, 4.69) is 0 Å². The second-order valence-corrected chi connectivity index (χ2v) is 4.94. The molecule has 0 radical (unpaired) electrons. The van der Waals surface area contributed by atoms with Gasteiger partial charge in [0.2, 0.25) is 5.75 Å². The van der Waals surface area contributed by atoms with Crippen molar-refractivity contribution < 1.29 is 19.6 Å². The minimum absolute atomic E-state index is 0.102. The van der Waals surface area contributed by atoms with Crippen LogP contribution in [0.3, 0.4) is 0 Å². The van der Waals surface area contributed by atoms with Crippen LogP contribution in [-0.2, 0) is 6.54 Å². The molecule has 1 amide bonds. The largest absolute Gasteiger partial charge is 0.502 e. The number of hydrogen-bond donors (Lipinski definition) is 1. The van der Waals surface area contributed by atoms with Crippen molar-refractivity contribution in [1.29, 1.82) is 0 Å². The summed E-state index contributed by atoms with van der Waals surface area (Å²) in [4.78, 5) is 23.9. The van der Waals surface area contributed by atoms with E-state index in [9.17, 15) is 20.0 Å². The number of benzene rings is 2. The Morgan fingerprint density at radius 2 is 1.91 bits per heavy atom. The molecule has 0 saturated carbocycles. The van der Waals surface area contributed by atoms with Crippen molar-refractivity contribution in [2.24, 2.45) is 0 Å². The van der Waals surface area contributed by atoms with Crippen molar-refractivity contribution in [2.75, 3.05) is 14.2 Å². The first-order valence-electron chi connectivity index (χ1n) is 6.78. The topological polar surface area (TPSA) is 92.9 Å². The van der Waals surface area contributed by atoms with Crippen molar-refractivity contribution >= 4 is 11.6 Å². The van der Waals surface area contributed by atoms with Crippen molar-refractivity contribution in [3.05, 3.63) is 63.7 Å². The Labute approximate surface area is 132 Å². The lowest BCUT2D eigenvalue weighted by Gasteiger charge is -2.18. The standard InChI is InChI=1S/C16H16N2O5/c1-17(10-11-6-8-12(23-2)9-7-11)16(20)13-4-3-5-14(15(13)19)18(21)22/h3-9,19H,10H2,1-2H3. The lowest BCUT2D eigenvalue weighted by molar-refractivity contribution is -0.385. The van der Waals surface area contributed by atoms with Crippen molar-refractivity contribution in [3.8, 4) is 11.5 Å². The minimum Gasteiger partial charge on any atom is -0.502 e. The molecule has 0 spiro atoms. The van der Waals surface area contributed by atoms with Gasteiger partial charge in [-0.25, -0.2) is 0 Å². The molecule has 23 heavy (non-hydrogen) atoms. The normalized spacial score (nSPS) is 10.2. The monoisotopic (exact) mass is 316 g/mol. The van der Waals surface area contributed by atoms with Gasteiger partial charge in [0.25, 0.3) is 5.91 Å². The van der Waals surface area contributed by atoms with E-state index in [1.54, 1.807) is 26.3 Å². The van der Waals surface area contributed by atoms with E-state index >= 15 is 0 Å². The van der Waals surface area contributed by atoms with Gasteiger partial charge in [0.15, 0.2) is 0 Å². The lowest BCUT2D eigenvalue weighted by Crippen LogP contribution is -2.26. The maximum Gasteiger partial charge on any atom is 0.311 e. The molecule has 1 N–H and O–H groups in total. The maximum atomic E-state index is 12.4. The summed E-state index contributed by atoms with van der Waals surface area (Å²) in [5, 5.41) is 20.7. The number of nitro groups is 1. The third-order valence-corrected chi connectivity index (χ3v) is 3.37. The second kappa shape index (κ2) is 6.78. The molecule has 2 aromatic carbocycles. The number of ether oxygens (including phenoxy) is 1. The number of rotatable bonds is 5. The number of aromatic hydroxyl groups is 1. The summed E-state index contributed by atoms with van der Waals surface area (Å²) in [6.07, 6.45) is 0. The molecule has 0 bridgehead atoms. The highest BCUT2D eigenvalue weighted by molar-refractivity contribution is 5.97. The molecule has 0 atom stereocenters. The Morgan fingerprint density at radius 1 is 1.26 bits per heavy atom. The molecule has 2 aromatic rings. The van der Waals surface area contributed by atoms with E-state index in [0.717, 1.165) is 11.6 Å². The van der Waals surface area contributed by atoms with E-state index in [1.165, 1.54) is 17.0 Å². The van der Waals surface area contributed by atoms with Gasteiger partial charge >= 0.3 is 5.69 Å². The molecule has 0 aliphatic heterocycles. The predicted molar refractivity (Wildman–Crippen MR) is 83.6 cm³/mol. The molecule has 7 nitrogen and oxygen atoms in total. The number of hydrogen-bond acceptors (Lipinski definition) is 5. The SMILES string of the molecule is COc1ccc(CN(C)C(=O)c2cccc([N+](=O)[O-])c2O)cc1. The first kappa shape index (κ1) is 16.3. The number of para-hydroxylation sites is 1. The van der Waals surface area contributed by atoms with E-state index < -0.39 is 22.3 Å². The molecule has 0 fully saturated rings. The van der Waals surface area contributed by atoms with Crippen LogP contribution in [0.2, 0.25) is 0 Å². The molecule has 0 unspecified atom stereocenters. The van der Waals surface area contributed by atoms with Crippen LogP contribution in [0.1, 0.15) is 15.9 Å². The average molecular weight is 316 g/mol. The number of nitrogens with zero attached hydrogens (tertiary/aromatic N) is 2. The fraction of sp³-hybridized carbons (Fsp3) is 0.188. The van der Waals surface area contributed by atoms with Gasteiger partial charge in [-0.05, 0) is 23.8 Å². The van der Waals surface area contributed by atoms with E-state index in [0.29, 0.717) is 12.3 Å². The van der Waals surface area contributed by atoms with Crippen molar-refractivity contribution in [2.45, 2.75) is 6.54 Å². The molecule has 0 aliphatic rings. The van der Waals surface area contributed by atoms with Crippen LogP contribution >= 0.6 is 0 Å². The van der Waals surface area contributed by atoms with Crippen LogP contribution in [-0.4, -0.2) is 35.0 Å². The predicted octanol–water partition coefficient (Wildman–Crippen LogP) is 2.58. The summed E-state index contributed by atoms with van der Waals surface area (Å²) in [5.41, 5.74) is 0.274. The third kappa shape index (κ3) is 3.57. The molecule has 2 rings (SSSR count). The lowest BCUT2D eigenvalue weighted by atomic mass is 10.1. The summed E-state index contributed by atoms with van der Waals surface area (Å²) in [5.74, 6) is -0.412. The molecular formula is C16H16N2O5. The van der Waals surface area contributed by atoms with Gasteiger partial charge in [0.1, 0.15) is 5.75 Å². The zero-order valence-electron chi connectivity index (χ0n) is 12.7. The van der Waals surface area contributed by atoms with Gasteiger partial charge in [-0.2, -0.15) is 0 Å². The Kier molecular flexibility index (Phi) is 4.80. The van der Waals surface area contributed by atoms with Crippen LogP contribution in [0.4, 0.5) is 5.69 Å².